The summed E-state index contributed by atoms with van der Waals surface area (Å²) < 4.78 is 5.92. The molecule has 0 aromatic heterocycles. The number of carbonyl (C=O) groups is 1. The number of amides is 1. The number of likely N-dealkylation sites (tertiary alicyclic amines) is 1. The maximum Gasteiger partial charge on any atom is 0.239 e. The van der Waals surface area contributed by atoms with E-state index < -0.39 is 0 Å². The van der Waals surface area contributed by atoms with Crippen molar-refractivity contribution in [1.82, 2.24) is 10.2 Å². The molecule has 1 saturated heterocycles. The van der Waals surface area contributed by atoms with Crippen molar-refractivity contribution < 1.29 is 9.53 Å². The predicted octanol–water partition coefficient (Wildman–Crippen LogP) is 1.59. The van der Waals surface area contributed by atoms with E-state index in [4.69, 9.17) is 4.74 Å². The van der Waals surface area contributed by atoms with Crippen LogP contribution in [-0.2, 0) is 11.2 Å². The van der Waals surface area contributed by atoms with E-state index in [1.54, 1.807) is 0 Å². The number of fused-ring (bicyclic) bond motifs is 1. The number of para-hydroxylation sites is 1. The number of nitrogens with one attached hydrogen (secondary N) is 1. The highest BCUT2D eigenvalue weighted by Crippen LogP contribution is 2.29. The molecular formula is C16H22N2O2. The zero-order valence-electron chi connectivity index (χ0n) is 12.1. The second kappa shape index (κ2) is 5.44. The molecule has 0 spiro atoms. The first-order valence-corrected chi connectivity index (χ1v) is 7.43. The van der Waals surface area contributed by atoms with Gasteiger partial charge in [-0.1, -0.05) is 32.0 Å². The van der Waals surface area contributed by atoms with Crippen LogP contribution in [0.3, 0.4) is 0 Å². The Morgan fingerprint density at radius 2 is 2.20 bits per heavy atom. The molecule has 2 unspecified atom stereocenters. The van der Waals surface area contributed by atoms with Crippen LogP contribution in [0.4, 0.5) is 0 Å². The van der Waals surface area contributed by atoms with E-state index >= 15 is 0 Å². The standard InChI is InChI=1S/C16H22N2O2/c1-11(2)17-14-7-8-18(16(14)19)10-13-9-12-5-3-4-6-15(12)20-13/h3-6,11,13-14,17H,7-10H2,1-2H3. The normalized spacial score (nSPS) is 25.1. The number of carbonyl (C=O) groups excluding carboxylic acids is 1. The van der Waals surface area contributed by atoms with Gasteiger partial charge in [-0.2, -0.15) is 0 Å². The second-order valence-corrected chi connectivity index (χ2v) is 6.00. The van der Waals surface area contributed by atoms with Crippen LogP contribution in [0.2, 0.25) is 0 Å². The highest BCUT2D eigenvalue weighted by atomic mass is 16.5. The lowest BCUT2D eigenvalue weighted by Crippen LogP contribution is -2.43. The average molecular weight is 274 g/mol. The SMILES string of the molecule is CC(C)NC1CCN(CC2Cc3ccccc3O2)C1=O. The van der Waals surface area contributed by atoms with Crippen molar-refractivity contribution in [3.8, 4) is 5.75 Å². The minimum atomic E-state index is -0.0150. The van der Waals surface area contributed by atoms with Gasteiger partial charge in [-0.25, -0.2) is 0 Å². The zero-order chi connectivity index (χ0) is 14.1. The highest BCUT2D eigenvalue weighted by molar-refractivity contribution is 5.84. The van der Waals surface area contributed by atoms with E-state index in [0.717, 1.165) is 25.1 Å². The molecule has 1 N–H and O–H groups in total. The van der Waals surface area contributed by atoms with E-state index in [2.05, 4.69) is 25.2 Å². The summed E-state index contributed by atoms with van der Waals surface area (Å²) in [5.41, 5.74) is 1.25. The molecular weight excluding hydrogens is 252 g/mol. The molecule has 1 fully saturated rings. The Morgan fingerprint density at radius 3 is 2.95 bits per heavy atom. The van der Waals surface area contributed by atoms with Gasteiger partial charge >= 0.3 is 0 Å². The fraction of sp³-hybridized carbons (Fsp3) is 0.562. The first-order valence-electron chi connectivity index (χ1n) is 7.43. The summed E-state index contributed by atoms with van der Waals surface area (Å²) in [5, 5.41) is 3.33. The third kappa shape index (κ3) is 2.66. The Labute approximate surface area is 120 Å². The minimum Gasteiger partial charge on any atom is -0.488 e. The Balaban J connectivity index is 1.57. The fourth-order valence-corrected chi connectivity index (χ4v) is 3.08. The Kier molecular flexibility index (Phi) is 3.66. The number of hydrogen-bond donors (Lipinski definition) is 1. The molecule has 2 heterocycles. The lowest BCUT2D eigenvalue weighted by Gasteiger charge is -2.21. The van der Waals surface area contributed by atoms with Crippen molar-refractivity contribution in [2.75, 3.05) is 13.1 Å². The predicted molar refractivity (Wildman–Crippen MR) is 77.8 cm³/mol. The molecule has 0 radical (unpaired) electrons. The Bertz CT molecular complexity index is 476. The van der Waals surface area contributed by atoms with Crippen LogP contribution >= 0.6 is 0 Å². The summed E-state index contributed by atoms with van der Waals surface area (Å²) in [4.78, 5) is 14.3. The average Bonchev–Trinajstić information content (AvgIpc) is 2.96. The molecule has 0 saturated carbocycles. The van der Waals surface area contributed by atoms with Gasteiger partial charge in [-0.15, -0.1) is 0 Å². The Hall–Kier alpha value is -1.55. The molecule has 0 bridgehead atoms. The van der Waals surface area contributed by atoms with Gasteiger partial charge in [-0.3, -0.25) is 4.79 Å². The van der Waals surface area contributed by atoms with Crippen molar-refractivity contribution in [3.05, 3.63) is 29.8 Å². The third-order valence-electron chi connectivity index (χ3n) is 3.97. The van der Waals surface area contributed by atoms with E-state index in [1.807, 2.05) is 23.1 Å². The molecule has 3 rings (SSSR count). The molecule has 2 aliphatic heterocycles. The molecule has 1 amide bonds. The lowest BCUT2D eigenvalue weighted by molar-refractivity contribution is -0.130. The number of hydrogen-bond acceptors (Lipinski definition) is 3. The quantitative estimate of drug-likeness (QED) is 0.906. The summed E-state index contributed by atoms with van der Waals surface area (Å²) in [6.45, 7) is 5.68. The van der Waals surface area contributed by atoms with E-state index in [9.17, 15) is 4.79 Å². The van der Waals surface area contributed by atoms with Gasteiger partial charge in [-0.05, 0) is 18.1 Å². The summed E-state index contributed by atoms with van der Waals surface area (Å²) in [6.07, 6.45) is 1.91. The van der Waals surface area contributed by atoms with Crippen LogP contribution in [0, 0.1) is 0 Å². The van der Waals surface area contributed by atoms with Gasteiger partial charge in [0, 0.05) is 19.0 Å². The van der Waals surface area contributed by atoms with Crippen LogP contribution in [-0.4, -0.2) is 42.1 Å². The zero-order valence-corrected chi connectivity index (χ0v) is 12.1. The smallest absolute Gasteiger partial charge is 0.239 e. The molecule has 20 heavy (non-hydrogen) atoms. The molecule has 1 aromatic rings. The minimum absolute atomic E-state index is 0.0150. The summed E-state index contributed by atoms with van der Waals surface area (Å²) in [5.74, 6) is 1.19. The van der Waals surface area contributed by atoms with Gasteiger partial charge in [0.25, 0.3) is 0 Å². The first kappa shape index (κ1) is 13.4. The number of nitrogens with zero attached hydrogens (tertiary/aromatic N) is 1. The van der Waals surface area contributed by atoms with E-state index in [-0.39, 0.29) is 18.1 Å². The van der Waals surface area contributed by atoms with Crippen molar-refractivity contribution >= 4 is 5.91 Å². The van der Waals surface area contributed by atoms with Crippen LogP contribution < -0.4 is 10.1 Å². The van der Waals surface area contributed by atoms with Crippen molar-refractivity contribution in [2.24, 2.45) is 0 Å². The number of benzene rings is 1. The maximum atomic E-state index is 12.3. The molecule has 4 heteroatoms. The molecule has 2 aliphatic rings. The van der Waals surface area contributed by atoms with Crippen molar-refractivity contribution in [2.45, 2.75) is 44.9 Å². The van der Waals surface area contributed by atoms with Gasteiger partial charge in [0.05, 0.1) is 12.6 Å². The monoisotopic (exact) mass is 274 g/mol. The van der Waals surface area contributed by atoms with Crippen molar-refractivity contribution in [3.63, 3.8) is 0 Å². The molecule has 1 aromatic carbocycles. The van der Waals surface area contributed by atoms with Gasteiger partial charge in [0.2, 0.25) is 5.91 Å². The maximum absolute atomic E-state index is 12.3. The molecule has 4 nitrogen and oxygen atoms in total. The van der Waals surface area contributed by atoms with Crippen LogP contribution in [0.15, 0.2) is 24.3 Å². The van der Waals surface area contributed by atoms with Crippen molar-refractivity contribution in [1.29, 1.82) is 0 Å². The molecule has 2 atom stereocenters. The van der Waals surface area contributed by atoms with Gasteiger partial charge in [0.15, 0.2) is 0 Å². The number of rotatable bonds is 4. The first-order chi connectivity index (χ1) is 9.63. The van der Waals surface area contributed by atoms with Gasteiger partial charge < -0.3 is 15.0 Å². The van der Waals surface area contributed by atoms with E-state index in [0.29, 0.717) is 12.6 Å². The highest BCUT2D eigenvalue weighted by Gasteiger charge is 2.34. The van der Waals surface area contributed by atoms with E-state index in [1.165, 1.54) is 5.56 Å². The largest absolute Gasteiger partial charge is 0.488 e. The van der Waals surface area contributed by atoms with Crippen LogP contribution in [0.25, 0.3) is 0 Å². The number of ether oxygens (including phenoxy) is 1. The third-order valence-corrected chi connectivity index (χ3v) is 3.97. The van der Waals surface area contributed by atoms with Crippen LogP contribution in [0.5, 0.6) is 5.75 Å². The topological polar surface area (TPSA) is 41.6 Å². The summed E-state index contributed by atoms with van der Waals surface area (Å²) in [7, 11) is 0. The molecule has 0 aliphatic carbocycles. The van der Waals surface area contributed by atoms with Crippen LogP contribution in [0.1, 0.15) is 25.8 Å². The molecule has 108 valence electrons. The van der Waals surface area contributed by atoms with Gasteiger partial charge in [0.1, 0.15) is 11.9 Å². The Morgan fingerprint density at radius 1 is 1.40 bits per heavy atom. The summed E-state index contributed by atoms with van der Waals surface area (Å²) >= 11 is 0. The fourth-order valence-electron chi connectivity index (χ4n) is 3.08. The lowest BCUT2D eigenvalue weighted by atomic mass is 10.1. The summed E-state index contributed by atoms with van der Waals surface area (Å²) in [6, 6.07) is 8.46. The second-order valence-electron chi connectivity index (χ2n) is 6.00.